The van der Waals surface area contributed by atoms with Crippen LogP contribution in [-0.4, -0.2) is 36.4 Å². The second-order valence-electron chi connectivity index (χ2n) is 5.80. The summed E-state index contributed by atoms with van der Waals surface area (Å²) in [6.07, 6.45) is 8.02. The molecule has 0 aromatic carbocycles. The first-order chi connectivity index (χ1) is 8.72. The topological polar surface area (TPSA) is 58.6 Å². The zero-order valence-electron chi connectivity index (χ0n) is 10.6. The average molecular weight is 251 g/mol. The van der Waals surface area contributed by atoms with E-state index in [4.69, 9.17) is 4.74 Å². The van der Waals surface area contributed by atoms with E-state index in [1.165, 1.54) is 0 Å². The number of rotatable bonds is 2. The second kappa shape index (κ2) is 4.67. The molecule has 0 radical (unpaired) electrons. The first kappa shape index (κ1) is 12.2. The van der Waals surface area contributed by atoms with Crippen LogP contribution in [0.4, 0.5) is 0 Å². The summed E-state index contributed by atoms with van der Waals surface area (Å²) in [5.74, 6) is 0.266. The van der Waals surface area contributed by atoms with Gasteiger partial charge in [-0.15, -0.1) is 0 Å². The van der Waals surface area contributed by atoms with Crippen molar-refractivity contribution in [1.29, 1.82) is 0 Å². The highest BCUT2D eigenvalue weighted by Crippen LogP contribution is 2.49. The second-order valence-corrected chi connectivity index (χ2v) is 5.80. The minimum Gasteiger partial charge on any atom is -0.392 e. The van der Waals surface area contributed by atoms with E-state index >= 15 is 0 Å². The molecule has 100 valence electrons. The maximum atomic E-state index is 12.1. The zero-order valence-corrected chi connectivity index (χ0v) is 10.6. The number of hydrogen-bond donors (Lipinski definition) is 2. The predicted octanol–water partition coefficient (Wildman–Crippen LogP) is 0.999. The number of aliphatic hydroxyl groups is 1. The standard InChI is InChI=1S/C14H21NO3/c16-12-9-11(14(12)5-7-18-8-6-14)15-13(17)10-3-1-2-4-10/h1-2,10-12,16H,3-9H2,(H,15,17)/t11-,12-/m1/s1. The third-order valence-corrected chi connectivity index (χ3v) is 4.94. The molecule has 2 fully saturated rings. The van der Waals surface area contributed by atoms with Crippen molar-refractivity contribution in [3.05, 3.63) is 12.2 Å². The summed E-state index contributed by atoms with van der Waals surface area (Å²) in [5.41, 5.74) is -0.111. The van der Waals surface area contributed by atoms with E-state index < -0.39 is 0 Å². The summed E-state index contributed by atoms with van der Waals surface area (Å²) in [6.45, 7) is 1.41. The van der Waals surface area contributed by atoms with Crippen LogP contribution in [0, 0.1) is 11.3 Å². The molecule has 0 unspecified atom stereocenters. The quantitative estimate of drug-likeness (QED) is 0.720. The van der Waals surface area contributed by atoms with E-state index in [0.717, 1.165) is 25.7 Å². The van der Waals surface area contributed by atoms with Gasteiger partial charge >= 0.3 is 0 Å². The number of nitrogens with one attached hydrogen (secondary N) is 1. The molecule has 1 saturated heterocycles. The van der Waals surface area contributed by atoms with Crippen LogP contribution in [-0.2, 0) is 9.53 Å². The normalized spacial score (nSPS) is 34.5. The van der Waals surface area contributed by atoms with Gasteiger partial charge in [-0.25, -0.2) is 0 Å². The van der Waals surface area contributed by atoms with Crippen LogP contribution in [0.3, 0.4) is 0 Å². The number of allylic oxidation sites excluding steroid dienone is 2. The summed E-state index contributed by atoms with van der Waals surface area (Å²) < 4.78 is 5.37. The van der Waals surface area contributed by atoms with Gasteiger partial charge in [0.05, 0.1) is 6.10 Å². The van der Waals surface area contributed by atoms with Crippen LogP contribution >= 0.6 is 0 Å². The van der Waals surface area contributed by atoms with E-state index in [-0.39, 0.29) is 29.4 Å². The van der Waals surface area contributed by atoms with Crippen LogP contribution in [0.2, 0.25) is 0 Å². The van der Waals surface area contributed by atoms with E-state index in [0.29, 0.717) is 19.6 Å². The lowest BCUT2D eigenvalue weighted by Crippen LogP contribution is -2.66. The molecule has 0 aromatic rings. The Bertz CT molecular complexity index is 352. The molecular weight excluding hydrogens is 230 g/mol. The monoisotopic (exact) mass is 251 g/mol. The van der Waals surface area contributed by atoms with Gasteiger partial charge in [-0.3, -0.25) is 4.79 Å². The Hall–Kier alpha value is -0.870. The summed E-state index contributed by atoms with van der Waals surface area (Å²) in [5, 5.41) is 13.2. The van der Waals surface area contributed by atoms with Crippen molar-refractivity contribution in [3.8, 4) is 0 Å². The fraction of sp³-hybridized carbons (Fsp3) is 0.786. The first-order valence-electron chi connectivity index (χ1n) is 6.93. The summed E-state index contributed by atoms with van der Waals surface area (Å²) in [4.78, 5) is 12.1. The molecule has 2 atom stereocenters. The molecule has 3 aliphatic rings. The number of ether oxygens (including phenoxy) is 1. The lowest BCUT2D eigenvalue weighted by Gasteiger charge is -2.55. The molecular formula is C14H21NO3. The van der Waals surface area contributed by atoms with Crippen molar-refractivity contribution in [1.82, 2.24) is 5.32 Å². The van der Waals surface area contributed by atoms with Gasteiger partial charge in [-0.2, -0.15) is 0 Å². The molecule has 2 N–H and O–H groups in total. The summed E-state index contributed by atoms with van der Waals surface area (Å²) in [7, 11) is 0. The molecule has 2 aliphatic carbocycles. The average Bonchev–Trinajstić information content (AvgIpc) is 2.93. The molecule has 1 amide bonds. The molecule has 4 heteroatoms. The Labute approximate surface area is 107 Å². The molecule has 0 bridgehead atoms. The maximum Gasteiger partial charge on any atom is 0.223 e. The number of carbonyl (C=O) groups is 1. The highest BCUT2D eigenvalue weighted by Gasteiger charge is 2.55. The van der Waals surface area contributed by atoms with Gasteiger partial charge in [0.1, 0.15) is 0 Å². The SMILES string of the molecule is O=C(N[C@@H]1C[C@@H](O)C12CCOCC2)C1CC=CC1. The van der Waals surface area contributed by atoms with Crippen LogP contribution in [0.15, 0.2) is 12.2 Å². The highest BCUT2D eigenvalue weighted by molar-refractivity contribution is 5.80. The third kappa shape index (κ3) is 1.88. The molecule has 18 heavy (non-hydrogen) atoms. The van der Waals surface area contributed by atoms with E-state index in [2.05, 4.69) is 17.5 Å². The molecule has 3 rings (SSSR count). The zero-order chi connectivity index (χ0) is 12.6. The Morgan fingerprint density at radius 2 is 1.94 bits per heavy atom. The van der Waals surface area contributed by atoms with Crippen molar-refractivity contribution < 1.29 is 14.6 Å². The number of aliphatic hydroxyl groups excluding tert-OH is 1. The molecule has 1 heterocycles. The maximum absolute atomic E-state index is 12.1. The Kier molecular flexibility index (Phi) is 3.16. The third-order valence-electron chi connectivity index (χ3n) is 4.94. The van der Waals surface area contributed by atoms with Crippen LogP contribution < -0.4 is 5.32 Å². The van der Waals surface area contributed by atoms with Crippen molar-refractivity contribution in [2.45, 2.75) is 44.2 Å². The molecule has 1 aliphatic heterocycles. The van der Waals surface area contributed by atoms with Gasteiger partial charge in [-0.1, -0.05) is 12.2 Å². The summed E-state index contributed by atoms with van der Waals surface area (Å²) in [6, 6.07) is 0.143. The fourth-order valence-electron chi connectivity index (χ4n) is 3.52. The molecule has 4 nitrogen and oxygen atoms in total. The number of carbonyl (C=O) groups excluding carboxylic acids is 1. The lowest BCUT2D eigenvalue weighted by atomic mass is 9.58. The number of hydrogen-bond acceptors (Lipinski definition) is 3. The molecule has 1 spiro atoms. The van der Waals surface area contributed by atoms with E-state index in [9.17, 15) is 9.90 Å². The van der Waals surface area contributed by atoms with Crippen LogP contribution in [0.25, 0.3) is 0 Å². The van der Waals surface area contributed by atoms with Crippen molar-refractivity contribution >= 4 is 5.91 Å². The molecule has 1 saturated carbocycles. The Morgan fingerprint density at radius 1 is 1.28 bits per heavy atom. The highest BCUT2D eigenvalue weighted by atomic mass is 16.5. The molecule has 0 aromatic heterocycles. The largest absolute Gasteiger partial charge is 0.392 e. The van der Waals surface area contributed by atoms with Gasteiger partial charge in [0.2, 0.25) is 5.91 Å². The van der Waals surface area contributed by atoms with Gasteiger partial charge < -0.3 is 15.2 Å². The van der Waals surface area contributed by atoms with Gasteiger partial charge in [0, 0.05) is 30.6 Å². The van der Waals surface area contributed by atoms with Gasteiger partial charge in [0.15, 0.2) is 0 Å². The predicted molar refractivity (Wildman–Crippen MR) is 66.9 cm³/mol. The van der Waals surface area contributed by atoms with Gasteiger partial charge in [0.25, 0.3) is 0 Å². The van der Waals surface area contributed by atoms with Crippen LogP contribution in [0.1, 0.15) is 32.1 Å². The van der Waals surface area contributed by atoms with Gasteiger partial charge in [-0.05, 0) is 32.1 Å². The van der Waals surface area contributed by atoms with E-state index in [1.54, 1.807) is 0 Å². The summed E-state index contributed by atoms with van der Waals surface area (Å²) >= 11 is 0. The van der Waals surface area contributed by atoms with Crippen molar-refractivity contribution in [2.24, 2.45) is 11.3 Å². The number of amides is 1. The fourth-order valence-corrected chi connectivity index (χ4v) is 3.52. The minimum atomic E-state index is -0.270. The lowest BCUT2D eigenvalue weighted by molar-refractivity contribution is -0.157. The van der Waals surface area contributed by atoms with Crippen molar-refractivity contribution in [3.63, 3.8) is 0 Å². The van der Waals surface area contributed by atoms with Crippen molar-refractivity contribution in [2.75, 3.05) is 13.2 Å². The first-order valence-corrected chi connectivity index (χ1v) is 6.93. The van der Waals surface area contributed by atoms with Crippen LogP contribution in [0.5, 0.6) is 0 Å². The Balaban J connectivity index is 1.60. The van der Waals surface area contributed by atoms with E-state index in [1.807, 2.05) is 0 Å². The minimum absolute atomic E-state index is 0.111. The smallest absolute Gasteiger partial charge is 0.223 e. The Morgan fingerprint density at radius 3 is 2.56 bits per heavy atom.